The zero-order valence-electron chi connectivity index (χ0n) is 10.4. The normalized spacial score (nSPS) is 17.3. The van der Waals surface area contributed by atoms with Crippen LogP contribution in [0, 0.1) is 11.2 Å². The number of methoxy groups -OCH3 is 1. The van der Waals surface area contributed by atoms with Gasteiger partial charge in [0.25, 0.3) is 0 Å². The third kappa shape index (κ3) is 2.80. The van der Waals surface area contributed by atoms with Crippen LogP contribution in [-0.4, -0.2) is 38.6 Å². The van der Waals surface area contributed by atoms with E-state index in [0.29, 0.717) is 26.3 Å². The van der Waals surface area contributed by atoms with Crippen molar-refractivity contribution in [3.05, 3.63) is 29.6 Å². The maximum absolute atomic E-state index is 13.4. The standard InChI is InChI=1S/C13H18FNO3/c1-17-12-3-2-10(4-11(12)14)5-15-6-13(7-16)8-18-9-13/h2-4,15-16H,5-9H2,1H3. The van der Waals surface area contributed by atoms with Crippen LogP contribution in [-0.2, 0) is 11.3 Å². The highest BCUT2D eigenvalue weighted by molar-refractivity contribution is 5.29. The Bertz CT molecular complexity index is 402. The number of rotatable bonds is 6. The number of hydrogen-bond donors (Lipinski definition) is 2. The van der Waals surface area contributed by atoms with Crippen LogP contribution in [0.25, 0.3) is 0 Å². The predicted molar refractivity (Wildman–Crippen MR) is 65.0 cm³/mol. The van der Waals surface area contributed by atoms with Gasteiger partial charge in [0.2, 0.25) is 0 Å². The molecule has 1 aromatic rings. The average molecular weight is 255 g/mol. The minimum atomic E-state index is -0.361. The summed E-state index contributed by atoms with van der Waals surface area (Å²) in [6.45, 7) is 2.48. The summed E-state index contributed by atoms with van der Waals surface area (Å²) in [6.07, 6.45) is 0. The number of benzene rings is 1. The number of ether oxygens (including phenoxy) is 2. The van der Waals surface area contributed by atoms with E-state index in [0.717, 1.165) is 5.56 Å². The average Bonchev–Trinajstić information content (AvgIpc) is 2.33. The first-order valence-electron chi connectivity index (χ1n) is 5.91. The highest BCUT2D eigenvalue weighted by atomic mass is 19.1. The minimum absolute atomic E-state index is 0.108. The number of nitrogens with one attached hydrogen (secondary N) is 1. The molecule has 5 heteroatoms. The van der Waals surface area contributed by atoms with Gasteiger partial charge in [0.05, 0.1) is 32.3 Å². The van der Waals surface area contributed by atoms with Crippen molar-refractivity contribution in [2.24, 2.45) is 5.41 Å². The molecule has 1 aliphatic heterocycles. The summed E-state index contributed by atoms with van der Waals surface area (Å²) in [5.74, 6) is -0.112. The number of aliphatic hydroxyl groups excluding tert-OH is 1. The lowest BCUT2D eigenvalue weighted by Crippen LogP contribution is -2.52. The molecule has 2 N–H and O–H groups in total. The van der Waals surface area contributed by atoms with Crippen molar-refractivity contribution < 1.29 is 19.0 Å². The summed E-state index contributed by atoms with van der Waals surface area (Å²) >= 11 is 0. The number of hydrogen-bond acceptors (Lipinski definition) is 4. The summed E-state index contributed by atoms with van der Waals surface area (Å²) < 4.78 is 23.4. The molecule has 2 rings (SSSR count). The van der Waals surface area contributed by atoms with E-state index in [1.54, 1.807) is 6.07 Å². The third-order valence-corrected chi connectivity index (χ3v) is 3.20. The van der Waals surface area contributed by atoms with Crippen LogP contribution in [0.5, 0.6) is 5.75 Å². The van der Waals surface area contributed by atoms with Gasteiger partial charge in [-0.05, 0) is 17.7 Å². The predicted octanol–water partition coefficient (Wildman–Crippen LogP) is 0.933. The van der Waals surface area contributed by atoms with Gasteiger partial charge < -0.3 is 19.9 Å². The Labute approximate surface area is 106 Å². The molecular formula is C13H18FNO3. The van der Waals surface area contributed by atoms with E-state index < -0.39 is 0 Å². The lowest BCUT2D eigenvalue weighted by atomic mass is 9.87. The van der Waals surface area contributed by atoms with Crippen LogP contribution in [0.4, 0.5) is 4.39 Å². The van der Waals surface area contributed by atoms with E-state index in [-0.39, 0.29) is 23.6 Å². The molecule has 1 saturated heterocycles. The van der Waals surface area contributed by atoms with Crippen LogP contribution in [0.15, 0.2) is 18.2 Å². The van der Waals surface area contributed by atoms with Gasteiger partial charge in [0.15, 0.2) is 11.6 Å². The summed E-state index contributed by atoms with van der Waals surface area (Å²) in [7, 11) is 1.44. The monoisotopic (exact) mass is 255 g/mol. The first kappa shape index (κ1) is 13.3. The van der Waals surface area contributed by atoms with E-state index in [4.69, 9.17) is 9.47 Å². The quantitative estimate of drug-likeness (QED) is 0.794. The molecule has 0 atom stereocenters. The van der Waals surface area contributed by atoms with Crippen LogP contribution < -0.4 is 10.1 Å². The Balaban J connectivity index is 1.85. The van der Waals surface area contributed by atoms with Gasteiger partial charge in [0, 0.05) is 13.1 Å². The molecule has 1 fully saturated rings. The minimum Gasteiger partial charge on any atom is -0.494 e. The zero-order chi connectivity index (χ0) is 13.0. The SMILES string of the molecule is COc1ccc(CNCC2(CO)COC2)cc1F. The van der Waals surface area contributed by atoms with Gasteiger partial charge in [-0.15, -0.1) is 0 Å². The van der Waals surface area contributed by atoms with Crippen molar-refractivity contribution in [2.45, 2.75) is 6.54 Å². The molecule has 1 aromatic carbocycles. The molecule has 4 nitrogen and oxygen atoms in total. The molecule has 1 aliphatic rings. The molecule has 0 amide bonds. The fourth-order valence-electron chi connectivity index (χ4n) is 1.93. The second-order valence-electron chi connectivity index (χ2n) is 4.72. The van der Waals surface area contributed by atoms with Crippen molar-refractivity contribution in [2.75, 3.05) is 33.5 Å². The molecule has 0 aromatic heterocycles. The first-order valence-corrected chi connectivity index (χ1v) is 5.91. The maximum Gasteiger partial charge on any atom is 0.165 e. The van der Waals surface area contributed by atoms with Crippen molar-refractivity contribution in [1.82, 2.24) is 5.32 Å². The van der Waals surface area contributed by atoms with Crippen LogP contribution in [0.2, 0.25) is 0 Å². The van der Waals surface area contributed by atoms with Gasteiger partial charge in [-0.25, -0.2) is 4.39 Å². The molecule has 0 saturated carbocycles. The smallest absolute Gasteiger partial charge is 0.165 e. The molecule has 0 spiro atoms. The Hall–Kier alpha value is -1.17. The van der Waals surface area contributed by atoms with Gasteiger partial charge in [-0.3, -0.25) is 0 Å². The first-order chi connectivity index (χ1) is 8.69. The summed E-state index contributed by atoms with van der Waals surface area (Å²) in [5, 5.41) is 12.5. The summed E-state index contributed by atoms with van der Waals surface area (Å²) in [4.78, 5) is 0. The second kappa shape index (κ2) is 5.65. The van der Waals surface area contributed by atoms with Gasteiger partial charge in [0.1, 0.15) is 0 Å². The highest BCUT2D eigenvalue weighted by Crippen LogP contribution is 2.25. The van der Waals surface area contributed by atoms with E-state index in [1.807, 2.05) is 6.07 Å². The summed E-state index contributed by atoms with van der Waals surface area (Å²) in [5.41, 5.74) is 0.687. The Morgan fingerprint density at radius 3 is 2.78 bits per heavy atom. The number of aliphatic hydroxyl groups is 1. The molecule has 0 bridgehead atoms. The van der Waals surface area contributed by atoms with Gasteiger partial charge >= 0.3 is 0 Å². The Morgan fingerprint density at radius 2 is 2.28 bits per heavy atom. The molecular weight excluding hydrogens is 237 g/mol. The van der Waals surface area contributed by atoms with E-state index in [2.05, 4.69) is 5.32 Å². The van der Waals surface area contributed by atoms with Gasteiger partial charge in [-0.1, -0.05) is 6.07 Å². The third-order valence-electron chi connectivity index (χ3n) is 3.20. The van der Waals surface area contributed by atoms with E-state index in [9.17, 15) is 9.50 Å². The Morgan fingerprint density at radius 1 is 1.50 bits per heavy atom. The lowest BCUT2D eigenvalue weighted by molar-refractivity contribution is -0.134. The summed E-state index contributed by atoms with van der Waals surface area (Å²) in [6, 6.07) is 4.88. The molecule has 100 valence electrons. The van der Waals surface area contributed by atoms with Crippen molar-refractivity contribution in [3.63, 3.8) is 0 Å². The van der Waals surface area contributed by atoms with Crippen molar-refractivity contribution in [3.8, 4) is 5.75 Å². The van der Waals surface area contributed by atoms with Crippen LogP contribution in [0.3, 0.4) is 0 Å². The second-order valence-corrected chi connectivity index (χ2v) is 4.72. The van der Waals surface area contributed by atoms with Gasteiger partial charge in [-0.2, -0.15) is 0 Å². The Kier molecular flexibility index (Phi) is 4.16. The number of halogens is 1. The molecule has 0 aliphatic carbocycles. The van der Waals surface area contributed by atoms with Crippen LogP contribution in [0.1, 0.15) is 5.56 Å². The highest BCUT2D eigenvalue weighted by Gasteiger charge is 2.37. The van der Waals surface area contributed by atoms with E-state index in [1.165, 1.54) is 13.2 Å². The lowest BCUT2D eigenvalue weighted by Gasteiger charge is -2.40. The van der Waals surface area contributed by atoms with Crippen molar-refractivity contribution in [1.29, 1.82) is 0 Å². The van der Waals surface area contributed by atoms with Crippen LogP contribution >= 0.6 is 0 Å². The molecule has 0 radical (unpaired) electrons. The topological polar surface area (TPSA) is 50.7 Å². The maximum atomic E-state index is 13.4. The fourth-order valence-corrected chi connectivity index (χ4v) is 1.93. The van der Waals surface area contributed by atoms with E-state index >= 15 is 0 Å². The largest absolute Gasteiger partial charge is 0.494 e. The zero-order valence-corrected chi connectivity index (χ0v) is 10.4. The molecule has 1 heterocycles. The fraction of sp³-hybridized carbons (Fsp3) is 0.538. The molecule has 0 unspecified atom stereocenters. The molecule has 18 heavy (non-hydrogen) atoms. The van der Waals surface area contributed by atoms with Crippen molar-refractivity contribution >= 4 is 0 Å².